The predicted molar refractivity (Wildman–Crippen MR) is 210 cm³/mol. The Kier molecular flexibility index (Phi) is 201. The van der Waals surface area contributed by atoms with Crippen molar-refractivity contribution in [3.63, 3.8) is 0 Å². The number of piperazine rings is 1. The Balaban J connectivity index is -0.0000000227. The van der Waals surface area contributed by atoms with Crippen molar-refractivity contribution in [1.29, 1.82) is 0 Å². The Morgan fingerprint density at radius 2 is 0.729 bits per heavy atom. The van der Waals surface area contributed by atoms with Crippen LogP contribution in [0.3, 0.4) is 0 Å². The second kappa shape index (κ2) is 104. The molecule has 0 N–H and O–H groups in total. The summed E-state index contributed by atoms with van der Waals surface area (Å²) in [5, 5.41) is 12.4. The number of hydrogen-bond donors (Lipinski definition) is 0. The summed E-state index contributed by atoms with van der Waals surface area (Å²) in [6.45, 7) is 24.9. The molecule has 4 aliphatic rings. The van der Waals surface area contributed by atoms with Gasteiger partial charge >= 0.3 is 105 Å². The molecule has 3 aliphatic heterocycles. The quantitative estimate of drug-likeness (QED) is 0.239. The van der Waals surface area contributed by atoms with E-state index in [9.17, 15) is 0 Å². The minimum absolute atomic E-state index is 0. The molecule has 1 saturated carbocycles. The van der Waals surface area contributed by atoms with Crippen molar-refractivity contribution < 1.29 is 105 Å². The molecule has 3 saturated heterocycles. The van der Waals surface area contributed by atoms with E-state index in [1.807, 2.05) is 85.7 Å². The summed E-state index contributed by atoms with van der Waals surface area (Å²) in [6, 6.07) is 12.5. The van der Waals surface area contributed by atoms with Crippen molar-refractivity contribution >= 4 is 0 Å². The number of piperidine rings is 1. The van der Waals surface area contributed by atoms with Gasteiger partial charge in [-0.1, -0.05) is 107 Å². The number of nitrogens with zero attached hydrogens (tertiary/aromatic N) is 4. The summed E-state index contributed by atoms with van der Waals surface area (Å²) in [5.74, 6) is 0. The molecule has 0 radical (unpaired) electrons. The maximum absolute atomic E-state index is 4.19. The van der Waals surface area contributed by atoms with E-state index in [2.05, 4.69) is 40.4 Å². The maximum Gasteiger partial charge on any atom is 2.00 e. The van der Waals surface area contributed by atoms with Crippen LogP contribution in [0.25, 0.3) is 16.0 Å². The normalized spacial score (nSPS) is 13.7. The van der Waals surface area contributed by atoms with Gasteiger partial charge in [-0.15, -0.1) is 39.3 Å². The van der Waals surface area contributed by atoms with Crippen LogP contribution < -0.4 is 0 Å². The summed E-state index contributed by atoms with van der Waals surface area (Å²) in [5.41, 5.74) is 0. The molecule has 1 aromatic carbocycles. The zero-order chi connectivity index (χ0) is 29.4. The van der Waals surface area contributed by atoms with E-state index in [4.69, 9.17) is 0 Å². The molecule has 0 unspecified atom stereocenters. The molecular weight excluding hydrogens is 1440 g/mol. The van der Waals surface area contributed by atoms with Crippen molar-refractivity contribution in [3.8, 4) is 0 Å². The molecule has 0 aromatic heterocycles. The van der Waals surface area contributed by atoms with E-state index in [1.54, 1.807) is 0 Å². The summed E-state index contributed by atoms with van der Waals surface area (Å²) in [7, 11) is 2.13. The molecule has 4 fully saturated rings. The fourth-order valence-electron chi connectivity index (χ4n) is 3.24. The number of hydrogen-bond acceptors (Lipinski definition) is 1. The Labute approximate surface area is 381 Å². The first-order valence-corrected chi connectivity index (χ1v) is 16.2. The van der Waals surface area contributed by atoms with Crippen LogP contribution >= 0.6 is 0 Å². The Hall–Kier alpha value is 2.50. The SMILES string of the molecule is C1CC[N-]C1.C1CC[N-]CC1.CC.CC.CC.CC.CN1CC[N-]CC1.[CH-]1CCCCC1.[CH3-].[CH3-].[CH3-].[CH3-].[CH3-].[W+2].[W+2].[W+2].[W+2].[W+2].[c-]1ccccc1. The van der Waals surface area contributed by atoms with Crippen molar-refractivity contribution in [3.05, 3.63) is 95.9 Å². The number of likely N-dealkylation sites (N-methyl/N-ethyl adjacent to an activating group) is 1. The number of benzene rings is 1. The van der Waals surface area contributed by atoms with Gasteiger partial charge in [-0.25, -0.2) is 0 Å². The van der Waals surface area contributed by atoms with E-state index in [0.717, 1.165) is 52.4 Å². The molecule has 0 bridgehead atoms. The third kappa shape index (κ3) is 97.5. The fourth-order valence-corrected chi connectivity index (χ4v) is 3.24. The second-order valence-corrected chi connectivity index (χ2v) is 8.09. The van der Waals surface area contributed by atoms with E-state index in [-0.39, 0.29) is 142 Å². The minimum Gasteiger partial charge on any atom is -0.662 e. The van der Waals surface area contributed by atoms with Gasteiger partial charge in [0.15, 0.2) is 0 Å². The third-order valence-corrected chi connectivity index (χ3v) is 5.22. The fraction of sp³-hybridized carbons (Fsp3) is 0.692. The molecule has 0 amide bonds. The molecule has 5 rings (SSSR count). The molecule has 1 aromatic rings. The summed E-state index contributed by atoms with van der Waals surface area (Å²) < 4.78 is 0. The first-order valence-electron chi connectivity index (χ1n) is 16.2. The summed E-state index contributed by atoms with van der Waals surface area (Å²) in [6.07, 6.45) is 16.2. The van der Waals surface area contributed by atoms with E-state index in [0.29, 0.717) is 0 Å². The van der Waals surface area contributed by atoms with Crippen molar-refractivity contribution in [1.82, 2.24) is 4.90 Å². The summed E-state index contributed by atoms with van der Waals surface area (Å²) >= 11 is 0. The molecular formula is C39H84N4W5. The van der Waals surface area contributed by atoms with Crippen molar-refractivity contribution in [2.24, 2.45) is 0 Å². The van der Waals surface area contributed by atoms with Gasteiger partial charge in [0.2, 0.25) is 0 Å². The first-order chi connectivity index (χ1) is 18.9. The molecule has 3 heterocycles. The van der Waals surface area contributed by atoms with Crippen LogP contribution in [-0.4, -0.2) is 64.3 Å². The van der Waals surface area contributed by atoms with Crippen LogP contribution in [0.1, 0.15) is 120 Å². The Morgan fingerprint density at radius 1 is 0.438 bits per heavy atom. The van der Waals surface area contributed by atoms with Gasteiger partial charge in [-0.2, -0.15) is 49.2 Å². The van der Waals surface area contributed by atoms with Crippen LogP contribution in [-0.2, 0) is 105 Å². The smallest absolute Gasteiger partial charge is 0.662 e. The predicted octanol–water partition coefficient (Wildman–Crippen LogP) is 13.0. The molecule has 290 valence electrons. The first kappa shape index (κ1) is 92.9. The maximum atomic E-state index is 4.19. The van der Waals surface area contributed by atoms with Crippen LogP contribution in [0.4, 0.5) is 0 Å². The standard InChI is InChI=1S/C6H11.C6H5.C5H11N2.C5H10N.C4H8N.4C2H6.5CH3.5W/c2*1-2-4-6-5-3-1;1-7-4-2-6-3-5-7;1-2-4-6-5-3-1;1-2-4-5-3-1;4*1-2;;;;;;;;;;/h1H,2-6H2;1-5H;2-5H2,1H3;1-5H2;1-4H2;4*1-2H3;5*1H3;;;;;/q5*-1;;;;;5*-1;5*+2. The Bertz CT molecular complexity index is 364. The van der Waals surface area contributed by atoms with Gasteiger partial charge in [0, 0.05) is 0 Å². The number of rotatable bonds is 0. The zero-order valence-electron chi connectivity index (χ0n) is 34.5. The van der Waals surface area contributed by atoms with Gasteiger partial charge in [0.1, 0.15) is 0 Å². The van der Waals surface area contributed by atoms with E-state index in [1.165, 1.54) is 64.2 Å². The second-order valence-electron chi connectivity index (χ2n) is 8.09. The van der Waals surface area contributed by atoms with Crippen LogP contribution in [0.2, 0.25) is 0 Å². The van der Waals surface area contributed by atoms with Crippen molar-refractivity contribution in [2.45, 2.75) is 120 Å². The van der Waals surface area contributed by atoms with Gasteiger partial charge in [0.25, 0.3) is 0 Å². The molecule has 4 nitrogen and oxygen atoms in total. The van der Waals surface area contributed by atoms with Crippen LogP contribution in [0.5, 0.6) is 0 Å². The third-order valence-electron chi connectivity index (χ3n) is 5.22. The van der Waals surface area contributed by atoms with Crippen LogP contribution in [0, 0.1) is 49.6 Å². The van der Waals surface area contributed by atoms with Gasteiger partial charge < -0.3 is 64.4 Å². The minimum atomic E-state index is 0. The monoisotopic (exact) mass is 1530 g/mol. The molecule has 48 heavy (non-hydrogen) atoms. The topological polar surface area (TPSA) is 45.5 Å². The van der Waals surface area contributed by atoms with Gasteiger partial charge in [-0.05, 0) is 20.1 Å². The largest absolute Gasteiger partial charge is 2.00 e. The molecule has 0 spiro atoms. The van der Waals surface area contributed by atoms with Crippen LogP contribution in [0.15, 0.2) is 30.3 Å². The van der Waals surface area contributed by atoms with Crippen molar-refractivity contribution in [2.75, 3.05) is 59.4 Å². The zero-order valence-corrected chi connectivity index (χ0v) is 49.2. The van der Waals surface area contributed by atoms with E-state index < -0.39 is 0 Å². The molecule has 0 atom stereocenters. The van der Waals surface area contributed by atoms with Gasteiger partial charge in [0.05, 0.1) is 0 Å². The molecule has 9 heteroatoms. The molecule has 1 aliphatic carbocycles. The average Bonchev–Trinajstić information content (AvgIpc) is 3.66. The average molecular weight is 1530 g/mol. The van der Waals surface area contributed by atoms with E-state index >= 15 is 0 Å². The van der Waals surface area contributed by atoms with Gasteiger partial charge in [-0.3, -0.25) is 0 Å². The summed E-state index contributed by atoms with van der Waals surface area (Å²) in [4.78, 5) is 2.30. The Morgan fingerprint density at radius 3 is 0.854 bits per heavy atom.